The van der Waals surface area contributed by atoms with Gasteiger partial charge in [-0.3, -0.25) is 4.79 Å². The highest BCUT2D eigenvalue weighted by atomic mass is 16.1. The van der Waals surface area contributed by atoms with Gasteiger partial charge in [-0.05, 0) is 43.9 Å². The lowest BCUT2D eigenvalue weighted by molar-refractivity contribution is -0.140. The monoisotopic (exact) mass is 204 g/mol. The third-order valence-corrected chi connectivity index (χ3v) is 5.41. The van der Waals surface area contributed by atoms with Gasteiger partial charge in [0.25, 0.3) is 0 Å². The van der Waals surface area contributed by atoms with Crippen molar-refractivity contribution in [3.05, 3.63) is 12.2 Å². The first-order chi connectivity index (χ1) is 7.21. The van der Waals surface area contributed by atoms with Crippen LogP contribution in [0.2, 0.25) is 0 Å². The maximum absolute atomic E-state index is 12.4. The highest BCUT2D eigenvalue weighted by Crippen LogP contribution is 2.67. The topological polar surface area (TPSA) is 17.1 Å². The molecule has 0 aliphatic heterocycles. The third-order valence-electron chi connectivity index (χ3n) is 5.41. The average molecular weight is 204 g/mol. The first-order valence-corrected chi connectivity index (χ1v) is 6.43. The Hall–Kier alpha value is -0.590. The molecule has 3 rings (SSSR count). The number of allylic oxidation sites excluding steroid dienone is 1. The third kappa shape index (κ3) is 0.971. The smallest absolute Gasteiger partial charge is 0.143 e. The van der Waals surface area contributed by atoms with Gasteiger partial charge in [0.05, 0.1) is 5.41 Å². The molecule has 0 unspecified atom stereocenters. The van der Waals surface area contributed by atoms with E-state index in [0.717, 1.165) is 25.7 Å². The molecule has 0 N–H and O–H groups in total. The number of Topliss-reactive ketones (excluding diaryl/α,β-unsaturated/α-hetero) is 1. The van der Waals surface area contributed by atoms with Crippen LogP contribution in [0.4, 0.5) is 0 Å². The van der Waals surface area contributed by atoms with Gasteiger partial charge in [-0.15, -0.1) is 0 Å². The van der Waals surface area contributed by atoms with Gasteiger partial charge in [0.15, 0.2) is 0 Å². The Morgan fingerprint density at radius 1 is 0.933 bits per heavy atom. The van der Waals surface area contributed by atoms with Gasteiger partial charge in [-0.25, -0.2) is 0 Å². The Balaban J connectivity index is 2.13. The molecule has 0 aromatic rings. The van der Waals surface area contributed by atoms with Crippen LogP contribution >= 0.6 is 0 Å². The molecular formula is C14H20O. The Morgan fingerprint density at radius 2 is 1.67 bits per heavy atom. The van der Waals surface area contributed by atoms with Crippen molar-refractivity contribution in [3.8, 4) is 0 Å². The number of rotatable bonds is 0. The Morgan fingerprint density at radius 3 is 2.47 bits per heavy atom. The van der Waals surface area contributed by atoms with Crippen molar-refractivity contribution in [2.24, 2.45) is 10.8 Å². The average Bonchev–Trinajstić information content (AvgIpc) is 2.56. The standard InChI is InChI=1S/C14H20O/c1-11-6-10-13-7-2-3-9-14(11,13)12(15)5-4-8-13/h1-10H2/t13-,14-/m0/s1. The molecule has 3 aliphatic rings. The maximum atomic E-state index is 12.4. The second kappa shape index (κ2) is 2.96. The molecule has 1 heteroatoms. The highest BCUT2D eigenvalue weighted by Gasteiger charge is 2.62. The lowest BCUT2D eigenvalue weighted by Crippen LogP contribution is -2.49. The van der Waals surface area contributed by atoms with Crippen LogP contribution in [-0.4, -0.2) is 5.78 Å². The first kappa shape index (κ1) is 9.62. The second-order valence-corrected chi connectivity index (χ2v) is 5.77. The molecule has 0 spiro atoms. The van der Waals surface area contributed by atoms with Crippen molar-refractivity contribution in [1.82, 2.24) is 0 Å². The van der Waals surface area contributed by atoms with Crippen LogP contribution in [-0.2, 0) is 4.79 Å². The minimum atomic E-state index is -0.0521. The maximum Gasteiger partial charge on any atom is 0.143 e. The van der Waals surface area contributed by atoms with Crippen LogP contribution in [0.3, 0.4) is 0 Å². The van der Waals surface area contributed by atoms with E-state index in [4.69, 9.17) is 0 Å². The Labute approximate surface area is 91.9 Å². The quantitative estimate of drug-likeness (QED) is 0.551. The summed E-state index contributed by atoms with van der Waals surface area (Å²) in [4.78, 5) is 12.4. The van der Waals surface area contributed by atoms with Gasteiger partial charge in [0.1, 0.15) is 5.78 Å². The normalized spacial score (nSPS) is 45.1. The summed E-state index contributed by atoms with van der Waals surface area (Å²) in [6.45, 7) is 4.24. The number of hydrogen-bond donors (Lipinski definition) is 0. The predicted molar refractivity (Wildman–Crippen MR) is 60.6 cm³/mol. The van der Waals surface area contributed by atoms with E-state index in [-0.39, 0.29) is 5.41 Å². The molecule has 2 atom stereocenters. The predicted octanol–water partition coefficient (Wildman–Crippen LogP) is 3.64. The summed E-state index contributed by atoms with van der Waals surface area (Å²) in [5, 5.41) is 0. The molecule has 3 aliphatic carbocycles. The summed E-state index contributed by atoms with van der Waals surface area (Å²) in [5.74, 6) is 0.538. The summed E-state index contributed by atoms with van der Waals surface area (Å²) in [6, 6.07) is 0. The van der Waals surface area contributed by atoms with Crippen LogP contribution in [0, 0.1) is 10.8 Å². The zero-order valence-corrected chi connectivity index (χ0v) is 9.48. The van der Waals surface area contributed by atoms with Crippen LogP contribution in [0.15, 0.2) is 12.2 Å². The number of hydrogen-bond acceptors (Lipinski definition) is 1. The molecule has 0 aromatic carbocycles. The Bertz CT molecular complexity index is 326. The van der Waals surface area contributed by atoms with Crippen molar-refractivity contribution >= 4 is 5.78 Å². The molecule has 3 saturated carbocycles. The van der Waals surface area contributed by atoms with E-state index in [0.29, 0.717) is 11.2 Å². The second-order valence-electron chi connectivity index (χ2n) is 5.77. The highest BCUT2D eigenvalue weighted by molar-refractivity contribution is 5.90. The van der Waals surface area contributed by atoms with Crippen molar-refractivity contribution in [1.29, 1.82) is 0 Å². The van der Waals surface area contributed by atoms with E-state index in [1.807, 2.05) is 0 Å². The zero-order chi connectivity index (χ0) is 10.5. The van der Waals surface area contributed by atoms with Crippen molar-refractivity contribution < 1.29 is 4.79 Å². The van der Waals surface area contributed by atoms with Gasteiger partial charge in [-0.2, -0.15) is 0 Å². The fourth-order valence-electron chi connectivity index (χ4n) is 4.72. The molecule has 3 fully saturated rings. The lowest BCUT2D eigenvalue weighted by atomic mass is 9.50. The van der Waals surface area contributed by atoms with Crippen LogP contribution in [0.1, 0.15) is 57.8 Å². The minimum absolute atomic E-state index is 0.0521. The van der Waals surface area contributed by atoms with Crippen LogP contribution in [0.25, 0.3) is 0 Å². The molecule has 0 heterocycles. The van der Waals surface area contributed by atoms with E-state index in [9.17, 15) is 4.79 Å². The molecule has 1 nitrogen and oxygen atoms in total. The van der Waals surface area contributed by atoms with Crippen LogP contribution < -0.4 is 0 Å². The summed E-state index contributed by atoms with van der Waals surface area (Å²) < 4.78 is 0. The largest absolute Gasteiger partial charge is 0.299 e. The zero-order valence-electron chi connectivity index (χ0n) is 9.48. The molecule has 0 aromatic heterocycles. The molecule has 0 bridgehead atoms. The van der Waals surface area contributed by atoms with E-state index in [1.54, 1.807) is 0 Å². The number of carbonyl (C=O) groups excluding carboxylic acids is 1. The molecular weight excluding hydrogens is 184 g/mol. The SMILES string of the molecule is C=C1CC[C@@]23CCCC[C@@]12C(=O)CCC3. The lowest BCUT2D eigenvalue weighted by Gasteiger charge is -2.52. The van der Waals surface area contributed by atoms with Crippen molar-refractivity contribution in [3.63, 3.8) is 0 Å². The van der Waals surface area contributed by atoms with E-state index in [2.05, 4.69) is 6.58 Å². The van der Waals surface area contributed by atoms with Gasteiger partial charge in [0, 0.05) is 6.42 Å². The molecule has 0 amide bonds. The fraction of sp³-hybridized carbons (Fsp3) is 0.786. The van der Waals surface area contributed by atoms with Crippen molar-refractivity contribution in [2.75, 3.05) is 0 Å². The van der Waals surface area contributed by atoms with Gasteiger partial charge in [-0.1, -0.05) is 25.0 Å². The summed E-state index contributed by atoms with van der Waals surface area (Å²) >= 11 is 0. The molecule has 0 radical (unpaired) electrons. The molecule has 0 saturated heterocycles. The summed E-state index contributed by atoms with van der Waals surface area (Å²) in [5.41, 5.74) is 1.59. The summed E-state index contributed by atoms with van der Waals surface area (Å²) in [7, 11) is 0. The van der Waals surface area contributed by atoms with E-state index in [1.165, 1.54) is 37.7 Å². The number of carbonyl (C=O) groups is 1. The van der Waals surface area contributed by atoms with Crippen molar-refractivity contribution in [2.45, 2.75) is 57.8 Å². The fourth-order valence-corrected chi connectivity index (χ4v) is 4.72. The Kier molecular flexibility index (Phi) is 1.90. The van der Waals surface area contributed by atoms with Gasteiger partial charge < -0.3 is 0 Å². The molecule has 82 valence electrons. The number of ketones is 1. The minimum Gasteiger partial charge on any atom is -0.299 e. The van der Waals surface area contributed by atoms with E-state index < -0.39 is 0 Å². The first-order valence-electron chi connectivity index (χ1n) is 6.43. The summed E-state index contributed by atoms with van der Waals surface area (Å²) in [6.07, 6.45) is 10.6. The van der Waals surface area contributed by atoms with E-state index >= 15 is 0 Å². The van der Waals surface area contributed by atoms with Crippen LogP contribution in [0.5, 0.6) is 0 Å². The van der Waals surface area contributed by atoms with Gasteiger partial charge in [0.2, 0.25) is 0 Å². The van der Waals surface area contributed by atoms with Gasteiger partial charge >= 0.3 is 0 Å². The molecule has 15 heavy (non-hydrogen) atoms.